The summed E-state index contributed by atoms with van der Waals surface area (Å²) in [5, 5.41) is 9.59. The van der Waals surface area contributed by atoms with Gasteiger partial charge in [-0.3, -0.25) is 9.69 Å². The first-order chi connectivity index (χ1) is 9.36. The van der Waals surface area contributed by atoms with E-state index < -0.39 is 10.0 Å². The Morgan fingerprint density at radius 1 is 1.20 bits per heavy atom. The summed E-state index contributed by atoms with van der Waals surface area (Å²) in [5.41, 5.74) is 0. The molecule has 0 spiro atoms. The largest absolute Gasteiger partial charge is 0.392 e. The van der Waals surface area contributed by atoms with Crippen LogP contribution in [0.25, 0.3) is 0 Å². The summed E-state index contributed by atoms with van der Waals surface area (Å²) >= 11 is 0. The van der Waals surface area contributed by atoms with Crippen LogP contribution in [-0.4, -0.2) is 91.7 Å². The molecule has 1 N–H and O–H groups in total. The predicted molar refractivity (Wildman–Crippen MR) is 74.7 cm³/mol. The Labute approximate surface area is 120 Å². The van der Waals surface area contributed by atoms with E-state index in [1.165, 1.54) is 10.6 Å². The predicted octanol–water partition coefficient (Wildman–Crippen LogP) is -1.45. The standard InChI is InChI=1S/C12H23N3O4S/c1-20(18,19)15-7-5-14(6-8-15)12(17)10-13-4-2-3-11(16)9-13/h11,16H,2-10H2,1H3/t11-/m0/s1. The molecule has 2 aliphatic rings. The number of aliphatic hydroxyl groups excluding tert-OH is 1. The van der Waals surface area contributed by atoms with Crippen LogP contribution in [0.3, 0.4) is 0 Å². The van der Waals surface area contributed by atoms with E-state index in [0.29, 0.717) is 39.3 Å². The van der Waals surface area contributed by atoms with Gasteiger partial charge in [0.25, 0.3) is 0 Å². The number of likely N-dealkylation sites (tertiary alicyclic amines) is 1. The second kappa shape index (κ2) is 6.38. The number of nitrogens with zero attached hydrogens (tertiary/aromatic N) is 3. The zero-order valence-electron chi connectivity index (χ0n) is 11.9. The highest BCUT2D eigenvalue weighted by Gasteiger charge is 2.27. The molecule has 8 heteroatoms. The Morgan fingerprint density at radius 3 is 2.40 bits per heavy atom. The van der Waals surface area contributed by atoms with E-state index in [-0.39, 0.29) is 12.0 Å². The summed E-state index contributed by atoms with van der Waals surface area (Å²) in [7, 11) is -3.16. The number of β-amino-alcohol motifs (C(OH)–C–C–N with tert-alkyl or cyclic N) is 1. The van der Waals surface area contributed by atoms with Crippen molar-refractivity contribution in [3.8, 4) is 0 Å². The van der Waals surface area contributed by atoms with E-state index in [1.54, 1.807) is 4.90 Å². The van der Waals surface area contributed by atoms with Crippen molar-refractivity contribution in [2.75, 3.05) is 52.1 Å². The highest BCUT2D eigenvalue weighted by molar-refractivity contribution is 7.88. The van der Waals surface area contributed by atoms with Gasteiger partial charge >= 0.3 is 0 Å². The summed E-state index contributed by atoms with van der Waals surface area (Å²) in [6.07, 6.45) is 2.58. The number of carbonyl (C=O) groups excluding carboxylic acids is 1. The molecule has 7 nitrogen and oxygen atoms in total. The summed E-state index contributed by atoms with van der Waals surface area (Å²) in [6, 6.07) is 0. The van der Waals surface area contributed by atoms with Crippen molar-refractivity contribution >= 4 is 15.9 Å². The normalized spacial score (nSPS) is 26.7. The van der Waals surface area contributed by atoms with Gasteiger partial charge < -0.3 is 10.0 Å². The summed E-state index contributed by atoms with van der Waals surface area (Å²) in [6.45, 7) is 3.34. The van der Waals surface area contributed by atoms with Crippen molar-refractivity contribution in [2.24, 2.45) is 0 Å². The van der Waals surface area contributed by atoms with Gasteiger partial charge in [-0.15, -0.1) is 0 Å². The van der Waals surface area contributed by atoms with Crippen LogP contribution in [-0.2, 0) is 14.8 Å². The van der Waals surface area contributed by atoms with Crippen molar-refractivity contribution in [1.82, 2.24) is 14.1 Å². The van der Waals surface area contributed by atoms with Crippen LogP contribution in [0.5, 0.6) is 0 Å². The Morgan fingerprint density at radius 2 is 1.85 bits per heavy atom. The molecule has 0 aromatic heterocycles. The molecule has 2 fully saturated rings. The molecule has 2 saturated heterocycles. The topological polar surface area (TPSA) is 81.2 Å². The molecule has 0 saturated carbocycles. The maximum atomic E-state index is 12.2. The van der Waals surface area contributed by atoms with Crippen LogP contribution in [0.1, 0.15) is 12.8 Å². The molecule has 0 radical (unpaired) electrons. The van der Waals surface area contributed by atoms with Crippen molar-refractivity contribution < 1.29 is 18.3 Å². The van der Waals surface area contributed by atoms with E-state index >= 15 is 0 Å². The first-order valence-corrected chi connectivity index (χ1v) is 8.84. The zero-order valence-corrected chi connectivity index (χ0v) is 12.7. The quantitative estimate of drug-likeness (QED) is 0.690. The summed E-state index contributed by atoms with van der Waals surface area (Å²) in [5.74, 6) is 0.0206. The molecule has 116 valence electrons. The maximum absolute atomic E-state index is 12.2. The van der Waals surface area contributed by atoms with Crippen molar-refractivity contribution in [3.63, 3.8) is 0 Å². The molecule has 0 unspecified atom stereocenters. The van der Waals surface area contributed by atoms with Gasteiger partial charge in [-0.2, -0.15) is 4.31 Å². The smallest absolute Gasteiger partial charge is 0.236 e. The van der Waals surface area contributed by atoms with Crippen LogP contribution in [0.2, 0.25) is 0 Å². The van der Waals surface area contributed by atoms with Crippen LogP contribution in [0, 0.1) is 0 Å². The second-order valence-electron chi connectivity index (χ2n) is 5.57. The molecule has 0 aromatic rings. The Balaban J connectivity index is 1.80. The zero-order chi connectivity index (χ0) is 14.8. The number of hydrogen-bond donors (Lipinski definition) is 1. The third-order valence-corrected chi connectivity index (χ3v) is 5.20. The lowest BCUT2D eigenvalue weighted by Crippen LogP contribution is -2.53. The first kappa shape index (κ1) is 15.7. The molecule has 1 amide bonds. The molecule has 2 rings (SSSR count). The maximum Gasteiger partial charge on any atom is 0.236 e. The number of aliphatic hydroxyl groups is 1. The fourth-order valence-electron chi connectivity index (χ4n) is 2.74. The molecular weight excluding hydrogens is 282 g/mol. The van der Waals surface area contributed by atoms with Crippen molar-refractivity contribution in [1.29, 1.82) is 0 Å². The van der Waals surface area contributed by atoms with Gasteiger partial charge in [0.2, 0.25) is 15.9 Å². The SMILES string of the molecule is CS(=O)(=O)N1CCN(C(=O)CN2CCC[C@H](O)C2)CC1. The minimum atomic E-state index is -3.16. The van der Waals surface area contributed by atoms with Crippen LogP contribution >= 0.6 is 0 Å². The van der Waals surface area contributed by atoms with Gasteiger partial charge in [0, 0.05) is 32.7 Å². The third-order valence-electron chi connectivity index (χ3n) is 3.90. The fraction of sp³-hybridized carbons (Fsp3) is 0.917. The van der Waals surface area contributed by atoms with E-state index in [1.807, 2.05) is 4.90 Å². The average molecular weight is 305 g/mol. The molecule has 0 aromatic carbocycles. The number of carbonyl (C=O) groups is 1. The molecule has 0 bridgehead atoms. The lowest BCUT2D eigenvalue weighted by atomic mass is 10.1. The number of piperazine rings is 1. The number of sulfonamides is 1. The lowest BCUT2D eigenvalue weighted by molar-refractivity contribution is -0.134. The molecule has 2 aliphatic heterocycles. The van der Waals surface area contributed by atoms with Crippen LogP contribution in [0.15, 0.2) is 0 Å². The van der Waals surface area contributed by atoms with Gasteiger partial charge in [-0.1, -0.05) is 0 Å². The number of hydrogen-bond acceptors (Lipinski definition) is 5. The monoisotopic (exact) mass is 305 g/mol. The molecule has 2 heterocycles. The van der Waals surface area contributed by atoms with Crippen LogP contribution < -0.4 is 0 Å². The van der Waals surface area contributed by atoms with Crippen molar-refractivity contribution in [3.05, 3.63) is 0 Å². The highest BCUT2D eigenvalue weighted by Crippen LogP contribution is 2.11. The summed E-state index contributed by atoms with van der Waals surface area (Å²) in [4.78, 5) is 15.8. The minimum absolute atomic E-state index is 0.0206. The number of piperidine rings is 1. The molecule has 0 aliphatic carbocycles. The van der Waals surface area contributed by atoms with E-state index in [2.05, 4.69) is 0 Å². The minimum Gasteiger partial charge on any atom is -0.392 e. The van der Waals surface area contributed by atoms with Gasteiger partial charge in [-0.05, 0) is 19.4 Å². The lowest BCUT2D eigenvalue weighted by Gasteiger charge is -2.35. The van der Waals surface area contributed by atoms with E-state index in [4.69, 9.17) is 0 Å². The second-order valence-corrected chi connectivity index (χ2v) is 7.56. The van der Waals surface area contributed by atoms with E-state index in [9.17, 15) is 18.3 Å². The van der Waals surface area contributed by atoms with E-state index in [0.717, 1.165) is 19.4 Å². The van der Waals surface area contributed by atoms with Gasteiger partial charge in [0.05, 0.1) is 18.9 Å². The highest BCUT2D eigenvalue weighted by atomic mass is 32.2. The molecule has 1 atom stereocenters. The molecular formula is C12H23N3O4S. The Kier molecular flexibility index (Phi) is 5.00. The van der Waals surface area contributed by atoms with Gasteiger partial charge in [0.1, 0.15) is 0 Å². The Bertz CT molecular complexity index is 446. The fourth-order valence-corrected chi connectivity index (χ4v) is 3.56. The average Bonchev–Trinajstić information content (AvgIpc) is 2.38. The van der Waals surface area contributed by atoms with Crippen molar-refractivity contribution in [2.45, 2.75) is 18.9 Å². The number of rotatable bonds is 3. The number of amides is 1. The van der Waals surface area contributed by atoms with Gasteiger partial charge in [-0.25, -0.2) is 8.42 Å². The summed E-state index contributed by atoms with van der Waals surface area (Å²) < 4.78 is 24.2. The van der Waals surface area contributed by atoms with Gasteiger partial charge in [0.15, 0.2) is 0 Å². The third kappa shape index (κ3) is 4.15. The van der Waals surface area contributed by atoms with Crippen LogP contribution in [0.4, 0.5) is 0 Å². The molecule has 20 heavy (non-hydrogen) atoms. The first-order valence-electron chi connectivity index (χ1n) is 6.99. The Hall–Kier alpha value is -0.700.